The Morgan fingerprint density at radius 1 is 1.26 bits per heavy atom. The molecule has 0 saturated heterocycles. The summed E-state index contributed by atoms with van der Waals surface area (Å²) in [6.07, 6.45) is 0. The molecule has 0 spiro atoms. The van der Waals surface area contributed by atoms with Gasteiger partial charge in [0, 0.05) is 20.6 Å². The molecule has 0 radical (unpaired) electrons. The van der Waals surface area contributed by atoms with Gasteiger partial charge in [-0.05, 0) is 33.0 Å². The van der Waals surface area contributed by atoms with Crippen molar-refractivity contribution in [2.75, 3.05) is 27.7 Å². The van der Waals surface area contributed by atoms with Crippen molar-refractivity contribution in [1.29, 1.82) is 0 Å². The SMILES string of the molecule is CN(Cc1ccc(S(=O)(=O)N(C)C)o1)CC(C)(C)O. The quantitative estimate of drug-likeness (QED) is 0.836. The lowest BCUT2D eigenvalue weighted by atomic mass is 10.1. The van der Waals surface area contributed by atoms with Crippen LogP contribution in [0.15, 0.2) is 21.6 Å². The third kappa shape index (κ3) is 4.61. The summed E-state index contributed by atoms with van der Waals surface area (Å²) in [7, 11) is 1.22. The lowest BCUT2D eigenvalue weighted by Gasteiger charge is -2.24. The second-order valence-corrected chi connectivity index (χ2v) is 7.58. The van der Waals surface area contributed by atoms with Gasteiger partial charge in [-0.15, -0.1) is 0 Å². The van der Waals surface area contributed by atoms with Gasteiger partial charge in [0.1, 0.15) is 5.76 Å². The van der Waals surface area contributed by atoms with Gasteiger partial charge in [0.15, 0.2) is 0 Å². The summed E-state index contributed by atoms with van der Waals surface area (Å²) in [4.78, 5) is 1.87. The Morgan fingerprint density at radius 3 is 2.32 bits per heavy atom. The van der Waals surface area contributed by atoms with Gasteiger partial charge in [-0.25, -0.2) is 12.7 Å². The molecule has 19 heavy (non-hydrogen) atoms. The Hall–Kier alpha value is -0.890. The van der Waals surface area contributed by atoms with Crippen LogP contribution in [0.2, 0.25) is 0 Å². The zero-order chi connectivity index (χ0) is 14.8. The second kappa shape index (κ2) is 5.62. The normalized spacial score (nSPS) is 13.5. The zero-order valence-corrected chi connectivity index (χ0v) is 12.9. The summed E-state index contributed by atoms with van der Waals surface area (Å²) in [6, 6.07) is 3.08. The van der Waals surface area contributed by atoms with E-state index in [9.17, 15) is 13.5 Å². The number of hydrogen-bond donors (Lipinski definition) is 1. The minimum Gasteiger partial charge on any atom is -0.447 e. The van der Waals surface area contributed by atoms with E-state index in [4.69, 9.17) is 4.42 Å². The number of nitrogens with zero attached hydrogens (tertiary/aromatic N) is 2. The van der Waals surface area contributed by atoms with Crippen LogP contribution in [0, 0.1) is 0 Å². The Morgan fingerprint density at radius 2 is 1.84 bits per heavy atom. The molecule has 1 aromatic heterocycles. The molecule has 1 aromatic rings. The highest BCUT2D eigenvalue weighted by Crippen LogP contribution is 2.18. The molecule has 0 fully saturated rings. The molecule has 0 saturated carbocycles. The number of hydrogen-bond acceptors (Lipinski definition) is 5. The maximum atomic E-state index is 11.8. The molecule has 0 aliphatic heterocycles. The lowest BCUT2D eigenvalue weighted by Crippen LogP contribution is -2.35. The smallest absolute Gasteiger partial charge is 0.275 e. The molecule has 0 unspecified atom stereocenters. The van der Waals surface area contributed by atoms with E-state index in [-0.39, 0.29) is 5.09 Å². The first kappa shape index (κ1) is 16.2. The van der Waals surface area contributed by atoms with Crippen molar-refractivity contribution >= 4 is 10.0 Å². The highest BCUT2D eigenvalue weighted by atomic mass is 32.2. The van der Waals surface area contributed by atoms with Crippen molar-refractivity contribution in [1.82, 2.24) is 9.21 Å². The summed E-state index contributed by atoms with van der Waals surface area (Å²) in [5.74, 6) is 0.548. The average Bonchev–Trinajstić information content (AvgIpc) is 2.62. The van der Waals surface area contributed by atoms with Crippen molar-refractivity contribution in [3.63, 3.8) is 0 Å². The molecule has 1 heterocycles. The van der Waals surface area contributed by atoms with E-state index < -0.39 is 15.6 Å². The standard InChI is InChI=1S/C12H22N2O4S/c1-12(2,15)9-14(5)8-10-6-7-11(18-10)19(16,17)13(3)4/h6-7,15H,8-9H2,1-5H3. The second-order valence-electron chi connectivity index (χ2n) is 5.49. The third-order valence-corrected chi connectivity index (χ3v) is 4.14. The van der Waals surface area contributed by atoms with E-state index in [0.29, 0.717) is 18.8 Å². The van der Waals surface area contributed by atoms with Gasteiger partial charge in [-0.1, -0.05) is 0 Å². The van der Waals surface area contributed by atoms with Crippen molar-refractivity contribution in [3.05, 3.63) is 17.9 Å². The summed E-state index contributed by atoms with van der Waals surface area (Å²) in [5.41, 5.74) is -0.806. The fourth-order valence-electron chi connectivity index (χ4n) is 1.74. The fraction of sp³-hybridized carbons (Fsp3) is 0.667. The van der Waals surface area contributed by atoms with E-state index in [1.165, 1.54) is 20.2 Å². The first-order valence-corrected chi connectivity index (χ1v) is 7.38. The first-order chi connectivity index (χ1) is 8.52. The highest BCUT2D eigenvalue weighted by Gasteiger charge is 2.22. The molecule has 1 N–H and O–H groups in total. The third-order valence-electron chi connectivity index (χ3n) is 2.45. The predicted molar refractivity (Wildman–Crippen MR) is 72.2 cm³/mol. The molecule has 0 aliphatic carbocycles. The highest BCUT2D eigenvalue weighted by molar-refractivity contribution is 7.88. The first-order valence-electron chi connectivity index (χ1n) is 5.94. The van der Waals surface area contributed by atoms with Crippen molar-refractivity contribution in [2.24, 2.45) is 0 Å². The molecule has 0 aromatic carbocycles. The van der Waals surface area contributed by atoms with Gasteiger partial charge < -0.3 is 9.52 Å². The van der Waals surface area contributed by atoms with Crippen molar-refractivity contribution < 1.29 is 17.9 Å². The maximum Gasteiger partial charge on any atom is 0.275 e. The Kier molecular flexibility index (Phi) is 4.78. The molecular weight excluding hydrogens is 268 g/mol. The van der Waals surface area contributed by atoms with Crippen LogP contribution in [-0.2, 0) is 16.6 Å². The van der Waals surface area contributed by atoms with Crippen LogP contribution in [-0.4, -0.2) is 56.0 Å². The van der Waals surface area contributed by atoms with E-state index in [0.717, 1.165) is 4.31 Å². The molecular formula is C12H22N2O4S. The van der Waals surface area contributed by atoms with Crippen LogP contribution in [0.25, 0.3) is 0 Å². The molecule has 6 nitrogen and oxygen atoms in total. The number of likely N-dealkylation sites (N-methyl/N-ethyl adjacent to an activating group) is 1. The molecule has 1 rings (SSSR count). The molecule has 0 bridgehead atoms. The van der Waals surface area contributed by atoms with Crippen LogP contribution in [0.3, 0.4) is 0 Å². The predicted octanol–water partition coefficient (Wildman–Crippen LogP) is 0.733. The van der Waals surface area contributed by atoms with Gasteiger partial charge in [0.2, 0.25) is 5.09 Å². The largest absolute Gasteiger partial charge is 0.447 e. The van der Waals surface area contributed by atoms with Gasteiger partial charge in [0.25, 0.3) is 10.0 Å². The summed E-state index contributed by atoms with van der Waals surface area (Å²) in [5, 5.41) is 9.63. The number of furan rings is 1. The average molecular weight is 290 g/mol. The zero-order valence-electron chi connectivity index (χ0n) is 12.0. The monoisotopic (exact) mass is 290 g/mol. The Labute approximate surface area is 114 Å². The topological polar surface area (TPSA) is 74.0 Å². The van der Waals surface area contributed by atoms with Crippen molar-refractivity contribution in [3.8, 4) is 0 Å². The summed E-state index contributed by atoms with van der Waals surface area (Å²) in [6.45, 7) is 4.33. The maximum absolute atomic E-state index is 11.8. The Bertz CT molecular complexity index is 514. The van der Waals surface area contributed by atoms with Crippen LogP contribution >= 0.6 is 0 Å². The van der Waals surface area contributed by atoms with Gasteiger partial charge in [0.05, 0.1) is 12.1 Å². The van der Waals surface area contributed by atoms with Gasteiger partial charge in [-0.2, -0.15) is 0 Å². The van der Waals surface area contributed by atoms with E-state index in [1.807, 2.05) is 11.9 Å². The van der Waals surface area contributed by atoms with Crippen LogP contribution in [0.4, 0.5) is 0 Å². The molecule has 0 atom stereocenters. The van der Waals surface area contributed by atoms with Crippen LogP contribution in [0.1, 0.15) is 19.6 Å². The van der Waals surface area contributed by atoms with E-state index in [2.05, 4.69) is 0 Å². The molecule has 0 amide bonds. The van der Waals surface area contributed by atoms with E-state index in [1.54, 1.807) is 19.9 Å². The lowest BCUT2D eigenvalue weighted by molar-refractivity contribution is 0.0404. The minimum absolute atomic E-state index is 0.0656. The fourth-order valence-corrected chi connectivity index (χ4v) is 2.56. The minimum atomic E-state index is -3.53. The molecule has 110 valence electrons. The molecule has 0 aliphatic rings. The van der Waals surface area contributed by atoms with Gasteiger partial charge in [-0.3, -0.25) is 4.90 Å². The number of aliphatic hydroxyl groups is 1. The number of sulfonamides is 1. The van der Waals surface area contributed by atoms with Crippen LogP contribution < -0.4 is 0 Å². The van der Waals surface area contributed by atoms with Crippen molar-refractivity contribution in [2.45, 2.75) is 31.1 Å². The Balaban J connectivity index is 2.77. The summed E-state index contributed by atoms with van der Waals surface area (Å²) >= 11 is 0. The summed E-state index contributed by atoms with van der Waals surface area (Å²) < 4.78 is 30.1. The van der Waals surface area contributed by atoms with Gasteiger partial charge >= 0.3 is 0 Å². The number of rotatable bonds is 6. The van der Waals surface area contributed by atoms with Crippen LogP contribution in [0.5, 0.6) is 0 Å². The van der Waals surface area contributed by atoms with E-state index >= 15 is 0 Å². The molecule has 7 heteroatoms.